The number of rotatable bonds is 5. The van der Waals surface area contributed by atoms with E-state index in [2.05, 4.69) is 37.1 Å². The Labute approximate surface area is 150 Å². The number of fused-ring (bicyclic) bond motifs is 1. The van der Waals surface area contributed by atoms with Gasteiger partial charge in [0, 0.05) is 10.5 Å². The number of thiazole rings is 1. The Bertz CT molecular complexity index is 871. The zero-order chi connectivity index (χ0) is 17.1. The van der Waals surface area contributed by atoms with Gasteiger partial charge in [0.25, 0.3) is 5.91 Å². The third-order valence-electron chi connectivity index (χ3n) is 3.70. The van der Waals surface area contributed by atoms with Gasteiger partial charge in [-0.05, 0) is 41.5 Å². The lowest BCUT2D eigenvalue weighted by molar-refractivity contribution is 0.102. The second-order valence-corrected chi connectivity index (χ2v) is 8.15. The summed E-state index contributed by atoms with van der Waals surface area (Å²) in [6.07, 6.45) is 0. The minimum absolute atomic E-state index is 0.112. The van der Waals surface area contributed by atoms with Crippen molar-refractivity contribution in [2.45, 2.75) is 31.6 Å². The molecule has 1 aromatic heterocycles. The van der Waals surface area contributed by atoms with Crippen molar-refractivity contribution in [1.82, 2.24) is 4.98 Å². The predicted octanol–water partition coefficient (Wildman–Crippen LogP) is 5.78. The number of hydrogen-bond acceptors (Lipinski definition) is 4. The van der Waals surface area contributed by atoms with E-state index >= 15 is 0 Å². The normalized spacial score (nSPS) is 11.2. The van der Waals surface area contributed by atoms with Crippen LogP contribution in [0.25, 0.3) is 10.2 Å². The van der Waals surface area contributed by atoms with Crippen LogP contribution in [0.5, 0.6) is 0 Å². The first-order chi connectivity index (χ1) is 11.6. The molecule has 0 atom stereocenters. The first kappa shape index (κ1) is 17.0. The fraction of sp³-hybridized carbons (Fsp3) is 0.263. The van der Waals surface area contributed by atoms with Gasteiger partial charge in [0.2, 0.25) is 0 Å². The molecule has 1 heterocycles. The second kappa shape index (κ2) is 7.36. The standard InChI is InChI=1S/C19H20N2OS2/c1-4-23-14-8-5-7-13(11-14)18(22)21-19-20-17-15(12(2)3)9-6-10-16(17)24-19/h5-12H,4H2,1-3H3,(H,20,21,22). The number of nitrogens with one attached hydrogen (secondary N) is 1. The monoisotopic (exact) mass is 356 g/mol. The van der Waals surface area contributed by atoms with Gasteiger partial charge in [-0.1, -0.05) is 50.3 Å². The van der Waals surface area contributed by atoms with Gasteiger partial charge in [0.1, 0.15) is 0 Å². The zero-order valence-electron chi connectivity index (χ0n) is 14.0. The number of carbonyl (C=O) groups is 1. The highest BCUT2D eigenvalue weighted by atomic mass is 32.2. The van der Waals surface area contributed by atoms with Gasteiger partial charge in [0.05, 0.1) is 10.2 Å². The molecule has 0 aliphatic carbocycles. The van der Waals surface area contributed by atoms with Crippen LogP contribution >= 0.6 is 23.1 Å². The summed E-state index contributed by atoms with van der Waals surface area (Å²) >= 11 is 3.25. The van der Waals surface area contributed by atoms with Crippen LogP contribution in [0.2, 0.25) is 0 Å². The van der Waals surface area contributed by atoms with E-state index in [1.54, 1.807) is 11.8 Å². The summed E-state index contributed by atoms with van der Waals surface area (Å²) in [6.45, 7) is 6.41. The lowest BCUT2D eigenvalue weighted by Gasteiger charge is -2.05. The van der Waals surface area contributed by atoms with E-state index in [-0.39, 0.29) is 5.91 Å². The van der Waals surface area contributed by atoms with Crippen LogP contribution in [0.4, 0.5) is 5.13 Å². The maximum Gasteiger partial charge on any atom is 0.257 e. The van der Waals surface area contributed by atoms with Crippen molar-refractivity contribution in [2.75, 3.05) is 11.1 Å². The molecule has 2 aromatic carbocycles. The van der Waals surface area contributed by atoms with Crippen LogP contribution in [0.15, 0.2) is 47.4 Å². The van der Waals surface area contributed by atoms with Crippen LogP contribution < -0.4 is 5.32 Å². The number of carbonyl (C=O) groups excluding carboxylic acids is 1. The van der Waals surface area contributed by atoms with E-state index in [1.807, 2.05) is 36.4 Å². The molecule has 3 rings (SSSR count). The van der Waals surface area contributed by atoms with E-state index in [1.165, 1.54) is 16.9 Å². The number of anilines is 1. The molecular weight excluding hydrogens is 336 g/mol. The van der Waals surface area contributed by atoms with Gasteiger partial charge in [-0.2, -0.15) is 0 Å². The molecule has 0 saturated carbocycles. The zero-order valence-corrected chi connectivity index (χ0v) is 15.6. The Morgan fingerprint density at radius 3 is 2.79 bits per heavy atom. The van der Waals surface area contributed by atoms with Crippen LogP contribution in [-0.4, -0.2) is 16.6 Å². The highest BCUT2D eigenvalue weighted by molar-refractivity contribution is 7.99. The minimum atomic E-state index is -0.112. The van der Waals surface area contributed by atoms with Crippen molar-refractivity contribution in [3.05, 3.63) is 53.6 Å². The summed E-state index contributed by atoms with van der Waals surface area (Å²) < 4.78 is 1.10. The predicted molar refractivity (Wildman–Crippen MR) is 105 cm³/mol. The molecule has 0 fully saturated rings. The third kappa shape index (κ3) is 3.62. The molecule has 0 aliphatic rings. The van der Waals surface area contributed by atoms with Crippen molar-refractivity contribution >= 4 is 44.4 Å². The molecule has 0 bridgehead atoms. The molecule has 124 valence electrons. The van der Waals surface area contributed by atoms with E-state index in [0.29, 0.717) is 16.6 Å². The molecule has 0 spiro atoms. The summed E-state index contributed by atoms with van der Waals surface area (Å²) in [7, 11) is 0. The van der Waals surface area contributed by atoms with Gasteiger partial charge in [-0.15, -0.1) is 11.8 Å². The Morgan fingerprint density at radius 2 is 2.04 bits per heavy atom. The summed E-state index contributed by atoms with van der Waals surface area (Å²) in [6, 6.07) is 13.9. The molecular formula is C19H20N2OS2. The third-order valence-corrected chi connectivity index (χ3v) is 5.51. The van der Waals surface area contributed by atoms with Crippen LogP contribution in [0.1, 0.15) is 42.6 Å². The summed E-state index contributed by atoms with van der Waals surface area (Å²) in [5, 5.41) is 3.59. The lowest BCUT2D eigenvalue weighted by Crippen LogP contribution is -2.11. The van der Waals surface area contributed by atoms with Crippen molar-refractivity contribution in [1.29, 1.82) is 0 Å². The first-order valence-electron chi connectivity index (χ1n) is 8.02. The molecule has 3 aromatic rings. The molecule has 0 aliphatic heterocycles. The first-order valence-corrected chi connectivity index (χ1v) is 9.82. The number of para-hydroxylation sites is 1. The molecule has 1 amide bonds. The van der Waals surface area contributed by atoms with Crippen molar-refractivity contribution in [3.63, 3.8) is 0 Å². The van der Waals surface area contributed by atoms with Gasteiger partial charge in [-0.25, -0.2) is 4.98 Å². The Balaban J connectivity index is 1.85. The van der Waals surface area contributed by atoms with Gasteiger partial charge in [-0.3, -0.25) is 10.1 Å². The molecule has 3 nitrogen and oxygen atoms in total. The van der Waals surface area contributed by atoms with Crippen LogP contribution in [0, 0.1) is 0 Å². The molecule has 5 heteroatoms. The SMILES string of the molecule is CCSc1cccc(C(=O)Nc2nc3c(C(C)C)cccc3s2)c1. The number of thioether (sulfide) groups is 1. The number of benzene rings is 2. The van der Waals surface area contributed by atoms with E-state index in [9.17, 15) is 4.79 Å². The smallest absolute Gasteiger partial charge is 0.257 e. The van der Waals surface area contributed by atoms with Crippen molar-refractivity contribution < 1.29 is 4.79 Å². The maximum absolute atomic E-state index is 12.5. The van der Waals surface area contributed by atoms with Crippen molar-refractivity contribution in [2.24, 2.45) is 0 Å². The fourth-order valence-corrected chi connectivity index (χ4v) is 4.17. The fourth-order valence-electron chi connectivity index (χ4n) is 2.55. The second-order valence-electron chi connectivity index (χ2n) is 5.78. The van der Waals surface area contributed by atoms with E-state index < -0.39 is 0 Å². The molecule has 24 heavy (non-hydrogen) atoms. The van der Waals surface area contributed by atoms with Crippen LogP contribution in [-0.2, 0) is 0 Å². The van der Waals surface area contributed by atoms with E-state index in [0.717, 1.165) is 20.9 Å². The average Bonchev–Trinajstić information content (AvgIpc) is 2.97. The number of nitrogens with zero attached hydrogens (tertiary/aromatic N) is 1. The lowest BCUT2D eigenvalue weighted by atomic mass is 10.0. The molecule has 0 unspecified atom stereocenters. The highest BCUT2D eigenvalue weighted by Crippen LogP contribution is 2.31. The van der Waals surface area contributed by atoms with Gasteiger partial charge >= 0.3 is 0 Å². The minimum Gasteiger partial charge on any atom is -0.298 e. The number of hydrogen-bond donors (Lipinski definition) is 1. The molecule has 0 radical (unpaired) electrons. The summed E-state index contributed by atoms with van der Waals surface area (Å²) in [5.74, 6) is 1.28. The van der Waals surface area contributed by atoms with Crippen LogP contribution in [0.3, 0.4) is 0 Å². The number of amides is 1. The quantitative estimate of drug-likeness (QED) is 0.589. The topological polar surface area (TPSA) is 42.0 Å². The van der Waals surface area contributed by atoms with Crippen molar-refractivity contribution in [3.8, 4) is 0 Å². The Morgan fingerprint density at radius 1 is 1.25 bits per heavy atom. The number of aromatic nitrogens is 1. The molecule has 1 N–H and O–H groups in total. The summed E-state index contributed by atoms with van der Waals surface area (Å²) in [5.41, 5.74) is 2.87. The van der Waals surface area contributed by atoms with E-state index in [4.69, 9.17) is 0 Å². The largest absolute Gasteiger partial charge is 0.298 e. The van der Waals surface area contributed by atoms with Gasteiger partial charge < -0.3 is 0 Å². The maximum atomic E-state index is 12.5. The average molecular weight is 357 g/mol. The Kier molecular flexibility index (Phi) is 5.21. The summed E-state index contributed by atoms with van der Waals surface area (Å²) in [4.78, 5) is 18.3. The Hall–Kier alpha value is -1.85. The van der Waals surface area contributed by atoms with Gasteiger partial charge in [0.15, 0.2) is 5.13 Å². The highest BCUT2D eigenvalue weighted by Gasteiger charge is 2.13. The molecule has 0 saturated heterocycles.